The largest absolute Gasteiger partial charge is 0.274 e. The number of pyridine rings is 1. The van der Waals surface area contributed by atoms with Crippen molar-refractivity contribution in [2.24, 2.45) is 0 Å². The molecule has 3 aromatic rings. The van der Waals surface area contributed by atoms with Gasteiger partial charge in [-0.05, 0) is 36.8 Å². The zero-order valence-corrected chi connectivity index (χ0v) is 14.7. The molecule has 26 heavy (non-hydrogen) atoms. The number of hydrogen-bond acceptors (Lipinski definition) is 6. The van der Waals surface area contributed by atoms with Gasteiger partial charge in [-0.3, -0.25) is 19.7 Å². The predicted molar refractivity (Wildman–Crippen MR) is 97.5 cm³/mol. The Balaban J connectivity index is 1.52. The van der Waals surface area contributed by atoms with Gasteiger partial charge < -0.3 is 0 Å². The average Bonchev–Trinajstić information content (AvgIpc) is 3.21. The van der Waals surface area contributed by atoms with Crippen molar-refractivity contribution in [2.75, 3.05) is 4.90 Å². The summed E-state index contributed by atoms with van der Waals surface area (Å²) in [4.78, 5) is 34.7. The van der Waals surface area contributed by atoms with Gasteiger partial charge in [-0.15, -0.1) is 5.10 Å². The number of nitrogens with one attached hydrogen (secondary N) is 1. The second kappa shape index (κ2) is 6.72. The highest BCUT2D eigenvalue weighted by Crippen LogP contribution is 2.33. The molecule has 2 amide bonds. The first-order valence-corrected chi connectivity index (χ1v) is 8.93. The van der Waals surface area contributed by atoms with Gasteiger partial charge >= 0.3 is 0 Å². The van der Waals surface area contributed by atoms with E-state index in [0.717, 1.165) is 11.1 Å². The number of imide groups is 1. The van der Waals surface area contributed by atoms with E-state index in [-0.39, 0.29) is 18.2 Å². The van der Waals surface area contributed by atoms with Crippen molar-refractivity contribution in [1.29, 1.82) is 0 Å². The Hall–Kier alpha value is -3.00. The summed E-state index contributed by atoms with van der Waals surface area (Å²) < 4.78 is 0. The van der Waals surface area contributed by atoms with Gasteiger partial charge in [0.1, 0.15) is 5.25 Å². The molecule has 1 aliphatic rings. The number of nitrogens with zero attached hydrogens (tertiary/aromatic N) is 4. The van der Waals surface area contributed by atoms with Gasteiger partial charge in [0.25, 0.3) is 0 Å². The third kappa shape index (κ3) is 3.11. The Bertz CT molecular complexity index is 972. The SMILES string of the molecule is Cc1cccc(N2C(=O)C[C@H](Sc3n[nH]c(-c4ccncc4)n3)C2=O)c1. The van der Waals surface area contributed by atoms with Crippen molar-refractivity contribution in [2.45, 2.75) is 23.8 Å². The first-order chi connectivity index (χ1) is 12.6. The molecule has 130 valence electrons. The second-order valence-corrected chi connectivity index (χ2v) is 7.09. The fourth-order valence-electron chi connectivity index (χ4n) is 2.80. The summed E-state index contributed by atoms with van der Waals surface area (Å²) in [5, 5.41) is 6.92. The Kier molecular flexibility index (Phi) is 4.26. The van der Waals surface area contributed by atoms with Crippen molar-refractivity contribution in [1.82, 2.24) is 20.2 Å². The lowest BCUT2D eigenvalue weighted by atomic mass is 10.2. The molecule has 1 aliphatic heterocycles. The Labute approximate surface area is 153 Å². The number of carbonyl (C=O) groups excluding carboxylic acids is 2. The number of aromatic amines is 1. The summed E-state index contributed by atoms with van der Waals surface area (Å²) in [7, 11) is 0. The molecule has 7 nitrogen and oxygen atoms in total. The van der Waals surface area contributed by atoms with E-state index in [1.54, 1.807) is 18.5 Å². The summed E-state index contributed by atoms with van der Waals surface area (Å²) in [6.07, 6.45) is 3.48. The predicted octanol–water partition coefficient (Wildman–Crippen LogP) is 2.60. The number of aryl methyl sites for hydroxylation is 1. The average molecular weight is 365 g/mol. The number of aromatic nitrogens is 4. The molecule has 1 aromatic carbocycles. The van der Waals surface area contributed by atoms with Crippen LogP contribution in [0.4, 0.5) is 5.69 Å². The zero-order chi connectivity index (χ0) is 18.1. The molecule has 0 saturated carbocycles. The van der Waals surface area contributed by atoms with Crippen LogP contribution >= 0.6 is 11.8 Å². The maximum absolute atomic E-state index is 12.7. The molecule has 1 fully saturated rings. The van der Waals surface area contributed by atoms with Gasteiger partial charge in [-0.2, -0.15) is 0 Å². The molecule has 0 radical (unpaired) electrons. The molecule has 0 aliphatic carbocycles. The fourth-order valence-corrected chi connectivity index (χ4v) is 3.73. The quantitative estimate of drug-likeness (QED) is 0.715. The molecule has 1 saturated heterocycles. The van der Waals surface area contributed by atoms with Gasteiger partial charge in [0.15, 0.2) is 5.82 Å². The third-order valence-corrected chi connectivity index (χ3v) is 5.08. The normalized spacial score (nSPS) is 17.1. The molecule has 4 rings (SSSR count). The Morgan fingerprint density at radius 3 is 2.77 bits per heavy atom. The first-order valence-electron chi connectivity index (χ1n) is 8.05. The highest BCUT2D eigenvalue weighted by atomic mass is 32.2. The van der Waals surface area contributed by atoms with Crippen molar-refractivity contribution in [3.05, 3.63) is 54.4 Å². The second-order valence-electron chi connectivity index (χ2n) is 5.92. The molecular formula is C18H15N5O2S. The lowest BCUT2D eigenvalue weighted by Gasteiger charge is -2.15. The van der Waals surface area contributed by atoms with Gasteiger partial charge in [-0.25, -0.2) is 9.88 Å². The summed E-state index contributed by atoms with van der Waals surface area (Å²) >= 11 is 1.20. The Morgan fingerprint density at radius 2 is 2.00 bits per heavy atom. The smallest absolute Gasteiger partial charge is 0.247 e. The van der Waals surface area contributed by atoms with Gasteiger partial charge in [0.2, 0.25) is 17.0 Å². The van der Waals surface area contributed by atoms with Crippen LogP contribution in [-0.2, 0) is 9.59 Å². The number of rotatable bonds is 4. The minimum Gasteiger partial charge on any atom is -0.274 e. The van der Waals surface area contributed by atoms with Crippen molar-refractivity contribution < 1.29 is 9.59 Å². The maximum Gasteiger partial charge on any atom is 0.247 e. The number of hydrogen-bond donors (Lipinski definition) is 1. The molecule has 2 aromatic heterocycles. The number of carbonyl (C=O) groups is 2. The van der Waals surface area contributed by atoms with Crippen LogP contribution in [0.3, 0.4) is 0 Å². The summed E-state index contributed by atoms with van der Waals surface area (Å²) in [5.74, 6) is 0.158. The topological polar surface area (TPSA) is 91.8 Å². The summed E-state index contributed by atoms with van der Waals surface area (Å²) in [5.41, 5.74) is 2.46. The van der Waals surface area contributed by atoms with E-state index in [1.165, 1.54) is 16.7 Å². The lowest BCUT2D eigenvalue weighted by Crippen LogP contribution is -2.31. The number of thioether (sulfide) groups is 1. The van der Waals surface area contributed by atoms with Crippen LogP contribution in [0.1, 0.15) is 12.0 Å². The number of H-pyrrole nitrogens is 1. The minimum absolute atomic E-state index is 0.135. The highest BCUT2D eigenvalue weighted by molar-refractivity contribution is 8.00. The van der Waals surface area contributed by atoms with Crippen LogP contribution in [-0.4, -0.2) is 37.2 Å². The first kappa shape index (κ1) is 16.5. The zero-order valence-electron chi connectivity index (χ0n) is 13.9. The molecule has 0 spiro atoms. The van der Waals surface area contributed by atoms with Crippen LogP contribution < -0.4 is 4.90 Å². The van der Waals surface area contributed by atoms with Gasteiger partial charge in [0, 0.05) is 24.4 Å². The minimum atomic E-state index is -0.524. The van der Waals surface area contributed by atoms with E-state index in [2.05, 4.69) is 20.2 Å². The third-order valence-electron chi connectivity index (χ3n) is 4.03. The van der Waals surface area contributed by atoms with Gasteiger partial charge in [0.05, 0.1) is 5.69 Å². The lowest BCUT2D eigenvalue weighted by molar-refractivity contribution is -0.121. The molecular weight excluding hydrogens is 350 g/mol. The molecule has 1 N–H and O–H groups in total. The van der Waals surface area contributed by atoms with E-state index in [9.17, 15) is 9.59 Å². The molecule has 8 heteroatoms. The summed E-state index contributed by atoms with van der Waals surface area (Å²) in [6.45, 7) is 1.93. The standard InChI is InChI=1S/C18H15N5O2S/c1-11-3-2-4-13(9-11)23-15(24)10-14(17(23)25)26-18-20-16(21-22-18)12-5-7-19-8-6-12/h2-9,14H,10H2,1H3,(H,20,21,22)/t14-/m0/s1. The van der Waals surface area contributed by atoms with E-state index >= 15 is 0 Å². The van der Waals surface area contributed by atoms with E-state index in [1.807, 2.05) is 37.3 Å². The molecule has 1 atom stereocenters. The number of amides is 2. The summed E-state index contributed by atoms with van der Waals surface area (Å²) in [6, 6.07) is 11.0. The van der Waals surface area contributed by atoms with Crippen LogP contribution in [0, 0.1) is 6.92 Å². The number of anilines is 1. The molecule has 0 bridgehead atoms. The van der Waals surface area contributed by atoms with E-state index < -0.39 is 5.25 Å². The molecule has 3 heterocycles. The number of benzene rings is 1. The maximum atomic E-state index is 12.7. The molecule has 0 unspecified atom stereocenters. The van der Waals surface area contributed by atoms with Crippen molar-refractivity contribution in [3.8, 4) is 11.4 Å². The van der Waals surface area contributed by atoms with Crippen molar-refractivity contribution >= 4 is 29.3 Å². The fraction of sp³-hybridized carbons (Fsp3) is 0.167. The van der Waals surface area contributed by atoms with E-state index in [0.29, 0.717) is 16.7 Å². The van der Waals surface area contributed by atoms with Crippen LogP contribution in [0.25, 0.3) is 11.4 Å². The highest BCUT2D eigenvalue weighted by Gasteiger charge is 2.40. The van der Waals surface area contributed by atoms with Crippen LogP contribution in [0.5, 0.6) is 0 Å². The Morgan fingerprint density at radius 1 is 1.19 bits per heavy atom. The van der Waals surface area contributed by atoms with Crippen LogP contribution in [0.2, 0.25) is 0 Å². The van der Waals surface area contributed by atoms with Crippen molar-refractivity contribution in [3.63, 3.8) is 0 Å². The van der Waals surface area contributed by atoms with E-state index in [4.69, 9.17) is 0 Å². The monoisotopic (exact) mass is 365 g/mol. The van der Waals surface area contributed by atoms with Gasteiger partial charge in [-0.1, -0.05) is 23.9 Å². The van der Waals surface area contributed by atoms with Crippen LogP contribution in [0.15, 0.2) is 53.9 Å².